The molecule has 1 fully saturated rings. The normalized spacial score (nSPS) is 19.7. The molecule has 2 unspecified atom stereocenters. The van der Waals surface area contributed by atoms with Crippen LogP contribution in [0.2, 0.25) is 0 Å². The van der Waals surface area contributed by atoms with Gasteiger partial charge in [0.15, 0.2) is 0 Å². The average molecular weight is 328 g/mol. The van der Waals surface area contributed by atoms with Crippen molar-refractivity contribution in [2.24, 2.45) is 0 Å². The standard InChI is InChI=1S/C21H16N2S/c22-18(20-19(23-20)13-7-2-1-3-8-13)16-11-6-10-15-14-9-4-5-12-17(14)24-21(15)16/h1-12,19-20,22-23H. The van der Waals surface area contributed by atoms with Crippen LogP contribution in [0.3, 0.4) is 0 Å². The van der Waals surface area contributed by atoms with Crippen molar-refractivity contribution in [1.82, 2.24) is 5.32 Å². The van der Waals surface area contributed by atoms with Gasteiger partial charge in [0.05, 0.1) is 17.8 Å². The molecule has 0 radical (unpaired) electrons. The topological polar surface area (TPSA) is 45.8 Å². The highest BCUT2D eigenvalue weighted by Gasteiger charge is 2.41. The van der Waals surface area contributed by atoms with Gasteiger partial charge in [-0.05, 0) is 11.6 Å². The molecule has 1 aliphatic rings. The molecule has 2 N–H and O–H groups in total. The zero-order chi connectivity index (χ0) is 16.1. The van der Waals surface area contributed by atoms with Crippen molar-refractivity contribution < 1.29 is 0 Å². The van der Waals surface area contributed by atoms with E-state index in [-0.39, 0.29) is 12.1 Å². The third-order valence-electron chi connectivity index (χ3n) is 4.75. The van der Waals surface area contributed by atoms with Crippen LogP contribution in [0, 0.1) is 5.41 Å². The van der Waals surface area contributed by atoms with Gasteiger partial charge < -0.3 is 5.41 Å². The maximum Gasteiger partial charge on any atom is 0.0698 e. The molecule has 2 heterocycles. The molecule has 1 aliphatic heterocycles. The van der Waals surface area contributed by atoms with Crippen molar-refractivity contribution in [3.05, 3.63) is 83.9 Å². The van der Waals surface area contributed by atoms with Gasteiger partial charge in [-0.3, -0.25) is 5.32 Å². The van der Waals surface area contributed by atoms with Crippen LogP contribution in [0.5, 0.6) is 0 Å². The van der Waals surface area contributed by atoms with Gasteiger partial charge in [0.2, 0.25) is 0 Å². The molecule has 1 aromatic heterocycles. The Morgan fingerprint density at radius 1 is 0.833 bits per heavy atom. The van der Waals surface area contributed by atoms with Crippen molar-refractivity contribution in [2.75, 3.05) is 0 Å². The first-order valence-corrected chi connectivity index (χ1v) is 8.94. The zero-order valence-corrected chi connectivity index (χ0v) is 13.8. The average Bonchev–Trinajstić information content (AvgIpc) is 3.35. The fourth-order valence-electron chi connectivity index (χ4n) is 3.46. The van der Waals surface area contributed by atoms with Gasteiger partial charge in [-0.15, -0.1) is 11.3 Å². The predicted octanol–water partition coefficient (Wildman–Crippen LogP) is 5.14. The summed E-state index contributed by atoms with van der Waals surface area (Å²) in [5, 5.41) is 14.7. The second-order valence-electron chi connectivity index (χ2n) is 6.23. The molecule has 2 atom stereocenters. The maximum atomic E-state index is 8.73. The van der Waals surface area contributed by atoms with Gasteiger partial charge in [-0.1, -0.05) is 66.7 Å². The monoisotopic (exact) mass is 328 g/mol. The van der Waals surface area contributed by atoms with Gasteiger partial charge in [-0.2, -0.15) is 0 Å². The predicted molar refractivity (Wildman–Crippen MR) is 102 cm³/mol. The van der Waals surface area contributed by atoms with E-state index >= 15 is 0 Å². The van der Waals surface area contributed by atoms with Gasteiger partial charge in [0, 0.05) is 25.7 Å². The highest BCUT2D eigenvalue weighted by molar-refractivity contribution is 7.26. The minimum absolute atomic E-state index is 0.114. The minimum Gasteiger partial charge on any atom is -0.303 e. The van der Waals surface area contributed by atoms with Crippen LogP contribution in [0.1, 0.15) is 17.2 Å². The smallest absolute Gasteiger partial charge is 0.0698 e. The number of hydrogen-bond acceptors (Lipinski definition) is 3. The first-order valence-electron chi connectivity index (χ1n) is 8.13. The lowest BCUT2D eigenvalue weighted by molar-refractivity contribution is 1.07. The zero-order valence-electron chi connectivity index (χ0n) is 13.0. The molecule has 5 rings (SSSR count). The van der Waals surface area contributed by atoms with E-state index in [0.29, 0.717) is 5.71 Å². The molecule has 0 amide bonds. The molecule has 0 saturated carbocycles. The van der Waals surface area contributed by atoms with Crippen LogP contribution in [0.15, 0.2) is 72.8 Å². The summed E-state index contributed by atoms with van der Waals surface area (Å²) in [5.74, 6) is 0. The van der Waals surface area contributed by atoms with E-state index in [1.807, 2.05) is 6.07 Å². The number of hydrogen-bond donors (Lipinski definition) is 2. The first kappa shape index (κ1) is 13.9. The molecule has 4 aromatic rings. The SMILES string of the molecule is N=C(c1cccc2c1sc1ccccc12)C1NC1c1ccccc1. The highest BCUT2D eigenvalue weighted by Crippen LogP contribution is 2.38. The van der Waals surface area contributed by atoms with E-state index in [0.717, 1.165) is 5.56 Å². The van der Waals surface area contributed by atoms with Crippen LogP contribution in [-0.2, 0) is 0 Å². The number of fused-ring (bicyclic) bond motifs is 3. The molecule has 3 aromatic carbocycles. The third-order valence-corrected chi connectivity index (χ3v) is 5.97. The quantitative estimate of drug-likeness (QED) is 0.397. The van der Waals surface area contributed by atoms with Gasteiger partial charge in [0.1, 0.15) is 0 Å². The van der Waals surface area contributed by atoms with E-state index < -0.39 is 0 Å². The summed E-state index contributed by atoms with van der Waals surface area (Å²) >= 11 is 1.79. The molecular weight excluding hydrogens is 312 g/mol. The number of thiophene rings is 1. The van der Waals surface area contributed by atoms with Gasteiger partial charge in [0.25, 0.3) is 0 Å². The Hall–Kier alpha value is -2.49. The van der Waals surface area contributed by atoms with Gasteiger partial charge >= 0.3 is 0 Å². The molecule has 24 heavy (non-hydrogen) atoms. The minimum atomic E-state index is 0.114. The summed E-state index contributed by atoms with van der Waals surface area (Å²) in [6.45, 7) is 0. The molecular formula is C21H16N2S. The third kappa shape index (κ3) is 2.09. The Morgan fingerprint density at radius 3 is 2.46 bits per heavy atom. The molecule has 3 heteroatoms. The summed E-state index contributed by atoms with van der Waals surface area (Å²) in [6.07, 6.45) is 0. The molecule has 2 nitrogen and oxygen atoms in total. The van der Waals surface area contributed by atoms with Crippen molar-refractivity contribution in [2.45, 2.75) is 12.1 Å². The molecule has 0 aliphatic carbocycles. The van der Waals surface area contributed by atoms with Crippen molar-refractivity contribution in [1.29, 1.82) is 5.41 Å². The Bertz CT molecular complexity index is 1070. The van der Waals surface area contributed by atoms with Crippen LogP contribution >= 0.6 is 11.3 Å². The Labute approximate surface area is 144 Å². The van der Waals surface area contributed by atoms with Crippen LogP contribution < -0.4 is 5.32 Å². The van der Waals surface area contributed by atoms with E-state index in [1.165, 1.54) is 25.7 Å². The fourth-order valence-corrected chi connectivity index (χ4v) is 4.69. The van der Waals surface area contributed by atoms with E-state index in [2.05, 4.69) is 72.0 Å². The Balaban J connectivity index is 1.56. The first-order chi connectivity index (χ1) is 11.8. The number of rotatable bonds is 3. The lowest BCUT2D eigenvalue weighted by Gasteiger charge is -2.04. The van der Waals surface area contributed by atoms with Gasteiger partial charge in [-0.25, -0.2) is 0 Å². The second kappa shape index (κ2) is 5.26. The summed E-state index contributed by atoms with van der Waals surface area (Å²) in [4.78, 5) is 0. The summed E-state index contributed by atoms with van der Waals surface area (Å²) in [7, 11) is 0. The highest BCUT2D eigenvalue weighted by atomic mass is 32.1. The van der Waals surface area contributed by atoms with Crippen LogP contribution in [-0.4, -0.2) is 11.8 Å². The van der Waals surface area contributed by atoms with Crippen LogP contribution in [0.25, 0.3) is 20.2 Å². The summed E-state index contributed by atoms with van der Waals surface area (Å²) in [5.41, 5.74) is 3.02. The number of benzene rings is 3. The molecule has 0 bridgehead atoms. The van der Waals surface area contributed by atoms with E-state index in [9.17, 15) is 0 Å². The number of nitrogens with one attached hydrogen (secondary N) is 2. The van der Waals surface area contributed by atoms with E-state index in [1.54, 1.807) is 11.3 Å². The van der Waals surface area contributed by atoms with Crippen molar-refractivity contribution >= 4 is 37.2 Å². The largest absolute Gasteiger partial charge is 0.303 e. The summed E-state index contributed by atoms with van der Waals surface area (Å²) in [6, 6.07) is 25.6. The van der Waals surface area contributed by atoms with Crippen molar-refractivity contribution in [3.63, 3.8) is 0 Å². The second-order valence-corrected chi connectivity index (χ2v) is 7.28. The van der Waals surface area contributed by atoms with Crippen LogP contribution in [0.4, 0.5) is 0 Å². The lowest BCUT2D eigenvalue weighted by Crippen LogP contribution is -2.10. The lowest BCUT2D eigenvalue weighted by atomic mass is 10.0. The Kier molecular flexibility index (Phi) is 3.05. The maximum absolute atomic E-state index is 8.73. The van der Waals surface area contributed by atoms with E-state index in [4.69, 9.17) is 5.41 Å². The Morgan fingerprint density at radius 2 is 1.58 bits per heavy atom. The van der Waals surface area contributed by atoms with Crippen molar-refractivity contribution in [3.8, 4) is 0 Å². The molecule has 0 spiro atoms. The summed E-state index contributed by atoms with van der Waals surface area (Å²) < 4.78 is 2.51. The molecule has 1 saturated heterocycles. The fraction of sp³-hybridized carbons (Fsp3) is 0.0952. The molecule has 116 valence electrons.